The molecule has 3 atom stereocenters. The van der Waals surface area contributed by atoms with Crippen LogP contribution in [-0.4, -0.2) is 54.3 Å². The van der Waals surface area contributed by atoms with E-state index in [-0.39, 0.29) is 36.9 Å². The summed E-state index contributed by atoms with van der Waals surface area (Å²) in [6, 6.07) is 19.3. The van der Waals surface area contributed by atoms with Gasteiger partial charge in [-0.05, 0) is 37.8 Å². The van der Waals surface area contributed by atoms with Gasteiger partial charge in [-0.15, -0.1) is 0 Å². The summed E-state index contributed by atoms with van der Waals surface area (Å²) in [6.07, 6.45) is 1.52. The zero-order valence-corrected chi connectivity index (χ0v) is 19.2. The molecule has 2 aliphatic rings. The normalized spacial score (nSPS) is 22.5. The van der Waals surface area contributed by atoms with E-state index in [1.807, 2.05) is 67.6 Å². The van der Waals surface area contributed by atoms with Crippen molar-refractivity contribution in [3.63, 3.8) is 0 Å². The van der Waals surface area contributed by atoms with Crippen molar-refractivity contribution in [3.05, 3.63) is 83.1 Å². The van der Waals surface area contributed by atoms with Gasteiger partial charge in [0.15, 0.2) is 0 Å². The molecule has 0 aromatic heterocycles. The summed E-state index contributed by atoms with van der Waals surface area (Å²) in [5, 5.41) is 10.5. The number of carbonyl (C=O) groups excluding carboxylic acids is 2. The molecule has 6 heteroatoms. The third-order valence-corrected chi connectivity index (χ3v) is 6.92. The number of carbonyl (C=O) groups is 2. The highest BCUT2D eigenvalue weighted by atomic mass is 16.5. The topological polar surface area (TPSA) is 76.1 Å². The highest BCUT2D eigenvalue weighted by Gasteiger charge is 2.42. The Labute approximate surface area is 194 Å². The van der Waals surface area contributed by atoms with E-state index in [2.05, 4.69) is 4.90 Å². The number of nitrogens with zero attached hydrogens (tertiary/aromatic N) is 1. The molecular formula is C27H31NO5. The first-order chi connectivity index (χ1) is 15.9. The Balaban J connectivity index is 1.50. The number of hydrogen-bond donors (Lipinski definition) is 1. The number of rotatable bonds is 7. The van der Waals surface area contributed by atoms with Crippen LogP contribution >= 0.6 is 0 Å². The molecular weight excluding hydrogens is 418 g/mol. The fraction of sp³-hybridized carbons (Fsp3) is 0.407. The molecule has 2 bridgehead atoms. The third kappa shape index (κ3) is 4.53. The van der Waals surface area contributed by atoms with Gasteiger partial charge in [-0.3, -0.25) is 9.69 Å². The number of aliphatic hydroxyl groups excluding tert-OH is 1. The maximum atomic E-state index is 13.5. The maximum absolute atomic E-state index is 13.5. The largest absolute Gasteiger partial charge is 0.511 e. The molecule has 2 aromatic rings. The van der Waals surface area contributed by atoms with Crippen molar-refractivity contribution in [3.8, 4) is 0 Å². The number of hydrogen-bond acceptors (Lipinski definition) is 6. The van der Waals surface area contributed by atoms with E-state index in [1.54, 1.807) is 6.92 Å². The third-order valence-electron chi connectivity index (χ3n) is 6.92. The summed E-state index contributed by atoms with van der Waals surface area (Å²) in [5.41, 5.74) is 1.14. The van der Waals surface area contributed by atoms with Crippen molar-refractivity contribution in [1.82, 2.24) is 4.90 Å². The molecule has 0 saturated carbocycles. The summed E-state index contributed by atoms with van der Waals surface area (Å²) >= 11 is 0. The first-order valence-electron chi connectivity index (χ1n) is 11.6. The number of aliphatic hydroxyl groups is 1. The molecule has 2 aromatic carbocycles. The first-order valence-corrected chi connectivity index (χ1v) is 11.6. The van der Waals surface area contributed by atoms with Gasteiger partial charge in [0.2, 0.25) is 0 Å². The van der Waals surface area contributed by atoms with Crippen molar-refractivity contribution in [2.75, 3.05) is 26.3 Å². The van der Waals surface area contributed by atoms with Crippen LogP contribution in [-0.2, 0) is 24.5 Å². The average molecular weight is 450 g/mol. The number of esters is 2. The zero-order valence-electron chi connectivity index (χ0n) is 19.2. The lowest BCUT2D eigenvalue weighted by molar-refractivity contribution is -0.151. The monoisotopic (exact) mass is 449 g/mol. The van der Waals surface area contributed by atoms with E-state index in [0.717, 1.165) is 24.0 Å². The van der Waals surface area contributed by atoms with Gasteiger partial charge in [-0.25, -0.2) is 4.79 Å². The average Bonchev–Trinajstić information content (AvgIpc) is 2.86. The van der Waals surface area contributed by atoms with E-state index in [0.29, 0.717) is 18.7 Å². The Morgan fingerprint density at radius 2 is 1.61 bits per heavy atom. The second kappa shape index (κ2) is 9.79. The van der Waals surface area contributed by atoms with Gasteiger partial charge in [0.25, 0.3) is 0 Å². The Morgan fingerprint density at radius 1 is 1.00 bits per heavy atom. The van der Waals surface area contributed by atoms with Crippen molar-refractivity contribution < 1.29 is 24.2 Å². The molecule has 174 valence electrons. The fourth-order valence-corrected chi connectivity index (χ4v) is 4.88. The van der Waals surface area contributed by atoms with Crippen LogP contribution < -0.4 is 0 Å². The van der Waals surface area contributed by atoms with Crippen LogP contribution in [0.3, 0.4) is 0 Å². The van der Waals surface area contributed by atoms with Gasteiger partial charge in [-0.2, -0.15) is 0 Å². The van der Waals surface area contributed by atoms with Crippen LogP contribution in [0.25, 0.3) is 0 Å². The second-order valence-electron chi connectivity index (χ2n) is 8.90. The summed E-state index contributed by atoms with van der Waals surface area (Å²) in [7, 11) is 0. The highest BCUT2D eigenvalue weighted by Crippen LogP contribution is 2.36. The minimum absolute atomic E-state index is 0.0153. The first kappa shape index (κ1) is 23.1. The van der Waals surface area contributed by atoms with E-state index in [1.165, 1.54) is 0 Å². The van der Waals surface area contributed by atoms with Gasteiger partial charge in [0.1, 0.15) is 17.8 Å². The molecule has 0 spiro atoms. The number of piperidine rings is 1. The Bertz CT molecular complexity index is 978. The summed E-state index contributed by atoms with van der Waals surface area (Å²) < 4.78 is 11.1. The molecule has 1 fully saturated rings. The summed E-state index contributed by atoms with van der Waals surface area (Å²) in [5.74, 6) is -0.698. The molecule has 3 unspecified atom stereocenters. The Morgan fingerprint density at radius 3 is 2.18 bits per heavy atom. The van der Waals surface area contributed by atoms with Crippen LogP contribution in [0.5, 0.6) is 0 Å². The summed E-state index contributed by atoms with van der Waals surface area (Å²) in [6.45, 7) is 5.09. The predicted molar refractivity (Wildman–Crippen MR) is 125 cm³/mol. The molecule has 4 rings (SSSR count). The van der Waals surface area contributed by atoms with E-state index >= 15 is 0 Å². The minimum Gasteiger partial charge on any atom is -0.511 e. The van der Waals surface area contributed by atoms with E-state index in [9.17, 15) is 14.7 Å². The molecule has 6 nitrogen and oxygen atoms in total. The molecule has 0 aliphatic carbocycles. The van der Waals surface area contributed by atoms with Gasteiger partial charge in [-0.1, -0.05) is 60.7 Å². The van der Waals surface area contributed by atoms with Crippen LogP contribution in [0.15, 0.2) is 72.0 Å². The van der Waals surface area contributed by atoms with Gasteiger partial charge >= 0.3 is 11.9 Å². The minimum atomic E-state index is -0.935. The SMILES string of the molecule is CCOC(=O)C1=C(O)C2CCC(COC(=O)C(C)(c3ccccc3)c3ccccc3)N(C1)C2. The maximum Gasteiger partial charge on any atom is 0.338 e. The molecule has 0 amide bonds. The van der Waals surface area contributed by atoms with Gasteiger partial charge < -0.3 is 14.6 Å². The van der Waals surface area contributed by atoms with Crippen molar-refractivity contribution in [1.29, 1.82) is 0 Å². The predicted octanol–water partition coefficient (Wildman–Crippen LogP) is 4.01. The smallest absolute Gasteiger partial charge is 0.338 e. The van der Waals surface area contributed by atoms with Crippen molar-refractivity contribution >= 4 is 11.9 Å². The molecule has 2 heterocycles. The standard InChI is InChI=1S/C27H31NO5/c1-3-32-25(30)23-17-28-16-19(24(23)29)14-15-22(28)18-33-26(31)27(2,20-10-6-4-7-11-20)21-12-8-5-9-13-21/h4-13,19,22,29H,3,14-18H2,1-2H3. The van der Waals surface area contributed by atoms with Gasteiger partial charge in [0.05, 0.1) is 12.2 Å². The number of fused-ring (bicyclic) bond motifs is 2. The van der Waals surface area contributed by atoms with Crippen LogP contribution in [0.2, 0.25) is 0 Å². The number of ether oxygens (including phenoxy) is 2. The quantitative estimate of drug-likeness (QED) is 0.644. The lowest BCUT2D eigenvalue weighted by Crippen LogP contribution is -2.51. The molecule has 33 heavy (non-hydrogen) atoms. The lowest BCUT2D eigenvalue weighted by Gasteiger charge is -2.43. The van der Waals surface area contributed by atoms with Crippen LogP contribution in [0, 0.1) is 5.92 Å². The number of benzene rings is 2. The fourth-order valence-electron chi connectivity index (χ4n) is 4.88. The lowest BCUT2D eigenvalue weighted by atomic mass is 9.76. The molecule has 1 saturated heterocycles. The van der Waals surface area contributed by atoms with Gasteiger partial charge in [0, 0.05) is 25.0 Å². The molecule has 2 aliphatic heterocycles. The summed E-state index contributed by atoms with van der Waals surface area (Å²) in [4.78, 5) is 28.0. The van der Waals surface area contributed by atoms with Crippen molar-refractivity contribution in [2.45, 2.75) is 38.1 Å². The van der Waals surface area contributed by atoms with Crippen LogP contribution in [0.4, 0.5) is 0 Å². The highest BCUT2D eigenvalue weighted by molar-refractivity contribution is 5.90. The second-order valence-corrected chi connectivity index (χ2v) is 8.90. The Kier molecular flexibility index (Phi) is 6.84. The molecule has 1 N–H and O–H groups in total. The zero-order chi connectivity index (χ0) is 23.4. The van der Waals surface area contributed by atoms with Crippen molar-refractivity contribution in [2.24, 2.45) is 5.92 Å². The Hall–Kier alpha value is -3.12. The van der Waals surface area contributed by atoms with E-state index in [4.69, 9.17) is 9.47 Å². The van der Waals surface area contributed by atoms with E-state index < -0.39 is 11.4 Å². The molecule has 0 radical (unpaired) electrons. The van der Waals surface area contributed by atoms with Crippen LogP contribution in [0.1, 0.15) is 37.8 Å².